The Kier molecular flexibility index (Phi) is 15.9. The van der Waals surface area contributed by atoms with Crippen molar-refractivity contribution in [3.05, 3.63) is 12.2 Å². The second-order valence-electron chi connectivity index (χ2n) is 0.667. The SMILES string of the molecule is CC=CC.[Cu]. The zero-order valence-electron chi connectivity index (χ0n) is 3.46. The van der Waals surface area contributed by atoms with Crippen LogP contribution in [0.2, 0.25) is 0 Å². The minimum atomic E-state index is 0. The van der Waals surface area contributed by atoms with Crippen LogP contribution in [0.25, 0.3) is 0 Å². The summed E-state index contributed by atoms with van der Waals surface area (Å²) < 4.78 is 0. The van der Waals surface area contributed by atoms with Crippen LogP contribution in [-0.2, 0) is 17.1 Å². The Morgan fingerprint density at radius 3 is 1.20 bits per heavy atom. The molecule has 0 amide bonds. The standard InChI is InChI=1S/C4H8.Cu/c1-3-4-2;/h3-4H,1-2H3;. The summed E-state index contributed by atoms with van der Waals surface area (Å²) in [7, 11) is 0. The maximum atomic E-state index is 2.00. The summed E-state index contributed by atoms with van der Waals surface area (Å²) in [5.74, 6) is 0. The first-order valence-corrected chi connectivity index (χ1v) is 1.49. The zero-order chi connectivity index (χ0) is 3.41. The van der Waals surface area contributed by atoms with Crippen molar-refractivity contribution >= 4 is 0 Å². The second-order valence-corrected chi connectivity index (χ2v) is 0.667. The fourth-order valence-corrected chi connectivity index (χ4v) is 0. The van der Waals surface area contributed by atoms with E-state index >= 15 is 0 Å². The van der Waals surface area contributed by atoms with Crippen molar-refractivity contribution in [1.82, 2.24) is 0 Å². The molecule has 0 aromatic heterocycles. The molecule has 0 nitrogen and oxygen atoms in total. The fraction of sp³-hybridized carbons (Fsp3) is 0.500. The quantitative estimate of drug-likeness (QED) is 0.336. The molecule has 0 saturated heterocycles. The smallest absolute Gasteiger partial charge is 0 e. The molecule has 0 unspecified atom stereocenters. The zero-order valence-corrected chi connectivity index (χ0v) is 4.40. The maximum absolute atomic E-state index is 2.00. The number of hydrogen-bond donors (Lipinski definition) is 0. The molecule has 1 radical (unpaired) electrons. The van der Waals surface area contributed by atoms with Gasteiger partial charge < -0.3 is 0 Å². The van der Waals surface area contributed by atoms with Crippen LogP contribution in [0.3, 0.4) is 0 Å². The summed E-state index contributed by atoms with van der Waals surface area (Å²) in [5, 5.41) is 0. The third kappa shape index (κ3) is 13.7. The molecular formula is C4H8Cu. The van der Waals surface area contributed by atoms with E-state index in [9.17, 15) is 0 Å². The first-order valence-electron chi connectivity index (χ1n) is 1.49. The summed E-state index contributed by atoms with van der Waals surface area (Å²) in [6.45, 7) is 4.00. The van der Waals surface area contributed by atoms with E-state index in [0.29, 0.717) is 0 Å². The van der Waals surface area contributed by atoms with Gasteiger partial charge in [-0.25, -0.2) is 0 Å². The van der Waals surface area contributed by atoms with Crippen LogP contribution in [0.4, 0.5) is 0 Å². The summed E-state index contributed by atoms with van der Waals surface area (Å²) in [6, 6.07) is 0. The molecule has 0 saturated carbocycles. The van der Waals surface area contributed by atoms with Crippen LogP contribution >= 0.6 is 0 Å². The average molecular weight is 120 g/mol. The third-order valence-corrected chi connectivity index (χ3v) is 0.333. The number of hydrogen-bond acceptors (Lipinski definition) is 0. The van der Waals surface area contributed by atoms with Gasteiger partial charge in [0.15, 0.2) is 0 Å². The van der Waals surface area contributed by atoms with E-state index in [2.05, 4.69) is 0 Å². The van der Waals surface area contributed by atoms with Gasteiger partial charge in [0.25, 0.3) is 0 Å². The van der Waals surface area contributed by atoms with Gasteiger partial charge in [-0.2, -0.15) is 0 Å². The largest absolute Gasteiger partial charge is 0.0919 e. The van der Waals surface area contributed by atoms with Gasteiger partial charge >= 0.3 is 0 Å². The minimum Gasteiger partial charge on any atom is -0.0919 e. The Labute approximate surface area is 43.7 Å². The Morgan fingerprint density at radius 1 is 1.00 bits per heavy atom. The number of rotatable bonds is 0. The predicted octanol–water partition coefficient (Wildman–Crippen LogP) is 1.58. The molecule has 0 aromatic rings. The molecule has 0 N–H and O–H groups in total. The number of allylic oxidation sites excluding steroid dienone is 2. The summed E-state index contributed by atoms with van der Waals surface area (Å²) >= 11 is 0. The van der Waals surface area contributed by atoms with Gasteiger partial charge in [0.05, 0.1) is 0 Å². The van der Waals surface area contributed by atoms with E-state index in [4.69, 9.17) is 0 Å². The first kappa shape index (κ1) is 8.98. The van der Waals surface area contributed by atoms with Gasteiger partial charge in [0, 0.05) is 17.1 Å². The van der Waals surface area contributed by atoms with Crippen LogP contribution in [-0.4, -0.2) is 0 Å². The first-order chi connectivity index (χ1) is 1.91. The normalized spacial score (nSPS) is 7.60. The van der Waals surface area contributed by atoms with Crippen molar-refractivity contribution in [2.45, 2.75) is 13.8 Å². The molecule has 0 fully saturated rings. The Morgan fingerprint density at radius 2 is 1.20 bits per heavy atom. The van der Waals surface area contributed by atoms with Crippen molar-refractivity contribution in [3.63, 3.8) is 0 Å². The van der Waals surface area contributed by atoms with Crippen LogP contribution in [0.5, 0.6) is 0 Å². The van der Waals surface area contributed by atoms with E-state index in [1.165, 1.54) is 0 Å². The summed E-state index contributed by atoms with van der Waals surface area (Å²) in [6.07, 6.45) is 4.00. The van der Waals surface area contributed by atoms with Crippen molar-refractivity contribution in [2.75, 3.05) is 0 Å². The van der Waals surface area contributed by atoms with Gasteiger partial charge in [0.1, 0.15) is 0 Å². The predicted molar refractivity (Wildman–Crippen MR) is 20.5 cm³/mol. The third-order valence-electron chi connectivity index (χ3n) is 0.333. The van der Waals surface area contributed by atoms with Gasteiger partial charge in [-0.05, 0) is 13.8 Å². The molecule has 0 bridgehead atoms. The van der Waals surface area contributed by atoms with Gasteiger partial charge in [0.2, 0.25) is 0 Å². The van der Waals surface area contributed by atoms with Crippen molar-refractivity contribution in [1.29, 1.82) is 0 Å². The minimum absolute atomic E-state index is 0. The molecule has 0 atom stereocenters. The Hall–Kier alpha value is 0.259. The second kappa shape index (κ2) is 8.86. The molecular weight excluding hydrogens is 112 g/mol. The molecule has 0 rings (SSSR count). The van der Waals surface area contributed by atoms with Crippen LogP contribution in [0.1, 0.15) is 13.8 Å². The fourth-order valence-electron chi connectivity index (χ4n) is 0. The Balaban J connectivity index is 0. The van der Waals surface area contributed by atoms with Crippen molar-refractivity contribution in [3.8, 4) is 0 Å². The van der Waals surface area contributed by atoms with Gasteiger partial charge in [-0.3, -0.25) is 0 Å². The molecule has 5 heavy (non-hydrogen) atoms. The molecule has 1 heteroatoms. The van der Waals surface area contributed by atoms with Crippen LogP contribution in [0, 0.1) is 0 Å². The average Bonchev–Trinajstić information content (AvgIpc) is 1.37. The van der Waals surface area contributed by atoms with Gasteiger partial charge in [-0.1, -0.05) is 12.2 Å². The molecule has 0 aliphatic rings. The summed E-state index contributed by atoms with van der Waals surface area (Å²) in [4.78, 5) is 0. The van der Waals surface area contributed by atoms with Crippen molar-refractivity contribution < 1.29 is 17.1 Å². The van der Waals surface area contributed by atoms with E-state index in [-0.39, 0.29) is 17.1 Å². The van der Waals surface area contributed by atoms with E-state index < -0.39 is 0 Å². The topological polar surface area (TPSA) is 0 Å². The van der Waals surface area contributed by atoms with Crippen LogP contribution in [0.15, 0.2) is 12.2 Å². The van der Waals surface area contributed by atoms with Gasteiger partial charge in [-0.15, -0.1) is 0 Å². The van der Waals surface area contributed by atoms with E-state index in [1.807, 2.05) is 26.0 Å². The molecule has 35 valence electrons. The van der Waals surface area contributed by atoms with E-state index in [1.54, 1.807) is 0 Å². The molecule has 0 aliphatic heterocycles. The van der Waals surface area contributed by atoms with Crippen molar-refractivity contribution in [2.24, 2.45) is 0 Å². The molecule has 0 aromatic carbocycles. The molecule has 0 spiro atoms. The monoisotopic (exact) mass is 119 g/mol. The Bertz CT molecular complexity index is 18.8. The van der Waals surface area contributed by atoms with Crippen LogP contribution < -0.4 is 0 Å². The maximum Gasteiger partial charge on any atom is 0 e. The molecule has 0 heterocycles. The van der Waals surface area contributed by atoms with E-state index in [0.717, 1.165) is 0 Å². The molecule has 0 aliphatic carbocycles. The summed E-state index contributed by atoms with van der Waals surface area (Å²) in [5.41, 5.74) is 0.